The molecule has 4 nitrogen and oxygen atoms in total. The first kappa shape index (κ1) is 14.0. The SMILES string of the molecule is CN(CC1CCNCC1)C(=O)c1ccc2ccccc2n1. The third-order valence-electron chi connectivity index (χ3n) is 4.16. The van der Waals surface area contributed by atoms with Gasteiger partial charge in [-0.25, -0.2) is 4.98 Å². The van der Waals surface area contributed by atoms with Crippen LogP contribution in [0, 0.1) is 5.92 Å². The van der Waals surface area contributed by atoms with Crippen molar-refractivity contribution >= 4 is 16.8 Å². The predicted octanol–water partition coefficient (Wildman–Crippen LogP) is 2.31. The van der Waals surface area contributed by atoms with Gasteiger partial charge in [0.2, 0.25) is 0 Å². The van der Waals surface area contributed by atoms with Crippen LogP contribution in [0.5, 0.6) is 0 Å². The summed E-state index contributed by atoms with van der Waals surface area (Å²) in [7, 11) is 1.88. The maximum absolute atomic E-state index is 12.5. The molecule has 0 saturated carbocycles. The van der Waals surface area contributed by atoms with Crippen LogP contribution < -0.4 is 5.32 Å². The molecule has 2 heterocycles. The van der Waals surface area contributed by atoms with Crippen LogP contribution in [0.1, 0.15) is 23.3 Å². The van der Waals surface area contributed by atoms with E-state index in [1.54, 1.807) is 0 Å². The highest BCUT2D eigenvalue weighted by Gasteiger charge is 2.19. The molecule has 1 aliphatic heterocycles. The van der Waals surface area contributed by atoms with Crippen molar-refractivity contribution in [3.05, 3.63) is 42.1 Å². The van der Waals surface area contributed by atoms with Crippen molar-refractivity contribution in [2.24, 2.45) is 5.92 Å². The lowest BCUT2D eigenvalue weighted by atomic mass is 9.97. The second kappa shape index (κ2) is 6.22. The van der Waals surface area contributed by atoms with Crippen LogP contribution in [0.15, 0.2) is 36.4 Å². The zero-order valence-electron chi connectivity index (χ0n) is 12.4. The van der Waals surface area contributed by atoms with Gasteiger partial charge in [0.15, 0.2) is 0 Å². The number of carbonyl (C=O) groups excluding carboxylic acids is 1. The molecule has 21 heavy (non-hydrogen) atoms. The number of nitrogens with zero attached hydrogens (tertiary/aromatic N) is 2. The van der Waals surface area contributed by atoms with E-state index < -0.39 is 0 Å². The second-order valence-corrected chi connectivity index (χ2v) is 5.77. The number of aromatic nitrogens is 1. The highest BCUT2D eigenvalue weighted by Crippen LogP contribution is 2.16. The van der Waals surface area contributed by atoms with Gasteiger partial charge in [-0.15, -0.1) is 0 Å². The summed E-state index contributed by atoms with van der Waals surface area (Å²) >= 11 is 0. The Kier molecular flexibility index (Phi) is 4.15. The Morgan fingerprint density at radius 2 is 2.00 bits per heavy atom. The van der Waals surface area contributed by atoms with E-state index in [-0.39, 0.29) is 5.91 Å². The van der Waals surface area contributed by atoms with Crippen LogP contribution in [-0.2, 0) is 0 Å². The minimum Gasteiger partial charge on any atom is -0.340 e. The van der Waals surface area contributed by atoms with Crippen LogP contribution in [0.25, 0.3) is 10.9 Å². The lowest BCUT2D eigenvalue weighted by molar-refractivity contribution is 0.0757. The highest BCUT2D eigenvalue weighted by molar-refractivity contribution is 5.94. The minimum atomic E-state index is 0.0132. The van der Waals surface area contributed by atoms with Crippen molar-refractivity contribution in [1.82, 2.24) is 15.2 Å². The van der Waals surface area contributed by atoms with Gasteiger partial charge in [0.1, 0.15) is 5.69 Å². The van der Waals surface area contributed by atoms with E-state index in [1.165, 1.54) is 0 Å². The summed E-state index contributed by atoms with van der Waals surface area (Å²) in [6, 6.07) is 11.7. The number of nitrogens with one attached hydrogen (secondary N) is 1. The minimum absolute atomic E-state index is 0.0132. The number of benzene rings is 1. The molecule has 0 aliphatic carbocycles. The molecular formula is C17H21N3O. The smallest absolute Gasteiger partial charge is 0.272 e. The van der Waals surface area contributed by atoms with Gasteiger partial charge >= 0.3 is 0 Å². The van der Waals surface area contributed by atoms with Gasteiger partial charge in [-0.3, -0.25) is 4.79 Å². The molecule has 0 atom stereocenters. The van der Waals surface area contributed by atoms with Crippen molar-refractivity contribution in [3.8, 4) is 0 Å². The van der Waals surface area contributed by atoms with Gasteiger partial charge in [-0.1, -0.05) is 24.3 Å². The standard InChI is InChI=1S/C17H21N3O/c1-20(12-13-8-10-18-11-9-13)17(21)16-7-6-14-4-2-3-5-15(14)19-16/h2-7,13,18H,8-12H2,1H3. The van der Waals surface area contributed by atoms with E-state index in [2.05, 4.69) is 10.3 Å². The fourth-order valence-electron chi connectivity index (χ4n) is 2.92. The fourth-order valence-corrected chi connectivity index (χ4v) is 2.92. The first-order chi connectivity index (χ1) is 10.2. The number of amides is 1. The molecule has 1 amide bonds. The van der Waals surface area contributed by atoms with Gasteiger partial charge in [-0.05, 0) is 44.0 Å². The highest BCUT2D eigenvalue weighted by atomic mass is 16.2. The van der Waals surface area contributed by atoms with E-state index in [0.29, 0.717) is 11.6 Å². The normalized spacial score (nSPS) is 16.0. The molecule has 4 heteroatoms. The molecule has 110 valence electrons. The van der Waals surface area contributed by atoms with Crippen molar-refractivity contribution < 1.29 is 4.79 Å². The predicted molar refractivity (Wildman–Crippen MR) is 84.3 cm³/mol. The van der Waals surface area contributed by atoms with Crippen molar-refractivity contribution in [2.75, 3.05) is 26.7 Å². The van der Waals surface area contributed by atoms with Gasteiger partial charge in [0, 0.05) is 19.0 Å². The Balaban J connectivity index is 1.72. The van der Waals surface area contributed by atoms with E-state index >= 15 is 0 Å². The summed E-state index contributed by atoms with van der Waals surface area (Å²) in [5.74, 6) is 0.611. The summed E-state index contributed by atoms with van der Waals surface area (Å²) in [5, 5.41) is 4.42. The van der Waals surface area contributed by atoms with Crippen LogP contribution in [0.3, 0.4) is 0 Å². The molecule has 2 aromatic rings. The molecule has 1 aliphatic rings. The fraction of sp³-hybridized carbons (Fsp3) is 0.412. The molecule has 1 N–H and O–H groups in total. The summed E-state index contributed by atoms with van der Waals surface area (Å²) < 4.78 is 0. The van der Waals surface area contributed by atoms with Gasteiger partial charge < -0.3 is 10.2 Å². The van der Waals surface area contributed by atoms with E-state index in [0.717, 1.165) is 43.4 Å². The summed E-state index contributed by atoms with van der Waals surface area (Å²) in [5.41, 5.74) is 1.41. The summed E-state index contributed by atoms with van der Waals surface area (Å²) in [6.45, 7) is 2.93. The number of para-hydroxylation sites is 1. The Bertz CT molecular complexity index is 635. The average molecular weight is 283 g/mol. The van der Waals surface area contributed by atoms with Crippen LogP contribution in [-0.4, -0.2) is 42.5 Å². The number of hydrogen-bond acceptors (Lipinski definition) is 3. The summed E-state index contributed by atoms with van der Waals surface area (Å²) in [6.07, 6.45) is 2.28. The maximum Gasteiger partial charge on any atom is 0.272 e. The maximum atomic E-state index is 12.5. The van der Waals surface area contributed by atoms with Crippen LogP contribution in [0.2, 0.25) is 0 Å². The number of rotatable bonds is 3. The van der Waals surface area contributed by atoms with Gasteiger partial charge in [-0.2, -0.15) is 0 Å². The second-order valence-electron chi connectivity index (χ2n) is 5.77. The summed E-state index contributed by atoms with van der Waals surface area (Å²) in [4.78, 5) is 18.8. The van der Waals surface area contributed by atoms with Crippen molar-refractivity contribution in [2.45, 2.75) is 12.8 Å². The Hall–Kier alpha value is -1.94. The Labute approximate surface area is 125 Å². The van der Waals surface area contributed by atoms with E-state index in [4.69, 9.17) is 0 Å². The topological polar surface area (TPSA) is 45.2 Å². The molecule has 0 bridgehead atoms. The lowest BCUT2D eigenvalue weighted by Gasteiger charge is -2.27. The first-order valence-electron chi connectivity index (χ1n) is 7.56. The zero-order valence-corrected chi connectivity index (χ0v) is 12.4. The number of fused-ring (bicyclic) bond motifs is 1. The van der Waals surface area contributed by atoms with Crippen LogP contribution >= 0.6 is 0 Å². The molecular weight excluding hydrogens is 262 g/mol. The molecule has 1 aromatic heterocycles. The largest absolute Gasteiger partial charge is 0.340 e. The van der Waals surface area contributed by atoms with E-state index in [1.807, 2.05) is 48.3 Å². The molecule has 1 fully saturated rings. The van der Waals surface area contributed by atoms with Crippen LogP contribution in [0.4, 0.5) is 0 Å². The van der Waals surface area contributed by atoms with E-state index in [9.17, 15) is 4.79 Å². The number of piperidine rings is 1. The number of pyridine rings is 1. The molecule has 1 aromatic carbocycles. The van der Waals surface area contributed by atoms with Crippen molar-refractivity contribution in [3.63, 3.8) is 0 Å². The Morgan fingerprint density at radius 1 is 1.24 bits per heavy atom. The molecule has 0 radical (unpaired) electrons. The molecule has 0 spiro atoms. The molecule has 1 saturated heterocycles. The molecule has 3 rings (SSSR count). The average Bonchev–Trinajstić information content (AvgIpc) is 2.54. The lowest BCUT2D eigenvalue weighted by Crippen LogP contribution is -2.37. The number of carbonyl (C=O) groups is 1. The van der Waals surface area contributed by atoms with Gasteiger partial charge in [0.25, 0.3) is 5.91 Å². The third kappa shape index (κ3) is 3.22. The first-order valence-corrected chi connectivity index (χ1v) is 7.56. The Morgan fingerprint density at radius 3 is 2.81 bits per heavy atom. The van der Waals surface area contributed by atoms with Crippen molar-refractivity contribution in [1.29, 1.82) is 0 Å². The number of hydrogen-bond donors (Lipinski definition) is 1. The zero-order chi connectivity index (χ0) is 14.7. The van der Waals surface area contributed by atoms with Gasteiger partial charge in [0.05, 0.1) is 5.52 Å². The molecule has 0 unspecified atom stereocenters. The third-order valence-corrected chi connectivity index (χ3v) is 4.16. The quantitative estimate of drug-likeness (QED) is 0.940. The monoisotopic (exact) mass is 283 g/mol.